The molecule has 0 spiro atoms. The number of halogens is 2. The number of nitrogens with zero attached hydrogens (tertiary/aromatic N) is 2. The van der Waals surface area contributed by atoms with Crippen LogP contribution in [-0.2, 0) is 5.54 Å². The molecule has 7 aromatic rings. The molecule has 0 aliphatic rings. The predicted molar refractivity (Wildman–Crippen MR) is 199 cm³/mol. The van der Waals surface area contributed by atoms with Crippen molar-refractivity contribution in [1.82, 2.24) is 9.97 Å². The maximum Gasteiger partial charge on any atom is 0.135 e. The maximum absolute atomic E-state index is 5.75. The number of rotatable bonds is 7. The van der Waals surface area contributed by atoms with E-state index in [4.69, 9.17) is 20.2 Å². The number of anilines is 2. The molecule has 0 atom stereocenters. The first kappa shape index (κ1) is 32.0. The van der Waals surface area contributed by atoms with Gasteiger partial charge in [-0.1, -0.05) is 91.0 Å². The lowest BCUT2D eigenvalue weighted by Crippen LogP contribution is -2.38. The summed E-state index contributed by atoms with van der Waals surface area (Å²) in [5.74, 6) is 2.84. The van der Waals surface area contributed by atoms with Crippen LogP contribution in [0.4, 0.5) is 11.6 Å². The van der Waals surface area contributed by atoms with Gasteiger partial charge in [-0.2, -0.15) is 0 Å². The van der Waals surface area contributed by atoms with Crippen molar-refractivity contribution in [2.75, 3.05) is 25.3 Å². The van der Waals surface area contributed by atoms with Crippen molar-refractivity contribution in [2.45, 2.75) is 5.54 Å². The van der Waals surface area contributed by atoms with Crippen LogP contribution in [0.1, 0.15) is 16.7 Å². The summed E-state index contributed by atoms with van der Waals surface area (Å²) in [6.45, 7) is 0. The number of hydrogen-bond acceptors (Lipinski definition) is 6. The minimum Gasteiger partial charge on any atom is -0.496 e. The Labute approximate surface area is 290 Å². The van der Waals surface area contributed by atoms with Gasteiger partial charge in [-0.05, 0) is 95.7 Å². The molecule has 6 nitrogen and oxygen atoms in total. The van der Waals surface area contributed by atoms with Gasteiger partial charge in [-0.25, -0.2) is 9.97 Å². The fourth-order valence-corrected chi connectivity index (χ4v) is 6.79. The minimum absolute atomic E-state index is 0.522. The summed E-state index contributed by atoms with van der Waals surface area (Å²) in [5, 5.41) is 7.89. The second kappa shape index (κ2) is 14.2. The highest BCUT2D eigenvalue weighted by Crippen LogP contribution is 2.42. The SMILES string of the molecule is COc1cc2c(N)nccc2cc1Br.COc1cc2c(NC(c3ccccc3)(c3ccccc3)c3ccccc3)nccc2cc1Br. The monoisotopic (exact) mass is 746 g/mol. The number of ether oxygens (including phenoxy) is 2. The van der Waals surface area contributed by atoms with E-state index in [9.17, 15) is 0 Å². The van der Waals surface area contributed by atoms with E-state index in [2.05, 4.69) is 121 Å². The first-order chi connectivity index (χ1) is 22.9. The maximum atomic E-state index is 5.75. The Hall–Kier alpha value is -4.92. The third kappa shape index (κ3) is 6.52. The molecule has 0 aliphatic carbocycles. The molecule has 2 heterocycles. The van der Waals surface area contributed by atoms with E-state index >= 15 is 0 Å². The van der Waals surface area contributed by atoms with Crippen LogP contribution < -0.4 is 20.5 Å². The molecule has 47 heavy (non-hydrogen) atoms. The molecule has 0 bridgehead atoms. The summed E-state index contributed by atoms with van der Waals surface area (Å²) < 4.78 is 12.6. The first-order valence-corrected chi connectivity index (χ1v) is 16.5. The molecule has 3 N–H and O–H groups in total. The van der Waals surface area contributed by atoms with Gasteiger partial charge in [-0.15, -0.1) is 0 Å². The van der Waals surface area contributed by atoms with Crippen LogP contribution in [0.3, 0.4) is 0 Å². The zero-order valence-corrected chi connectivity index (χ0v) is 29.0. The molecule has 8 heteroatoms. The zero-order valence-electron chi connectivity index (χ0n) is 25.8. The molecular weight excluding hydrogens is 716 g/mol. The van der Waals surface area contributed by atoms with Crippen molar-refractivity contribution < 1.29 is 9.47 Å². The van der Waals surface area contributed by atoms with Gasteiger partial charge in [0.25, 0.3) is 0 Å². The number of hydrogen-bond donors (Lipinski definition) is 2. The Morgan fingerprint density at radius 2 is 1.00 bits per heavy atom. The standard InChI is InChI=1S/C29H23BrN2O.C10H9BrN2O/c1-33-27-20-25-21(19-26(27)30)17-18-31-28(25)32-29(22-11-5-2-6-12-22,23-13-7-3-8-14-23)24-15-9-4-10-16-24;1-14-9-5-7-6(4-8(9)11)2-3-13-10(7)12/h2-20H,1H3,(H,31,32);2-5H,1H3,(H2,12,13). The normalized spacial score (nSPS) is 11.1. The van der Waals surface area contributed by atoms with Crippen molar-refractivity contribution >= 4 is 65.0 Å². The number of nitrogens with two attached hydrogens (primary N) is 1. The van der Waals surface area contributed by atoms with E-state index in [0.29, 0.717) is 5.82 Å². The van der Waals surface area contributed by atoms with Gasteiger partial charge in [0.1, 0.15) is 28.7 Å². The second-order valence-corrected chi connectivity index (χ2v) is 12.5. The first-order valence-electron chi connectivity index (χ1n) is 14.9. The van der Waals surface area contributed by atoms with Gasteiger partial charge in [0.05, 0.1) is 23.2 Å². The molecule has 234 valence electrons. The van der Waals surface area contributed by atoms with Crippen molar-refractivity contribution in [1.29, 1.82) is 0 Å². The van der Waals surface area contributed by atoms with Crippen molar-refractivity contribution in [3.8, 4) is 11.5 Å². The van der Waals surface area contributed by atoms with Crippen LogP contribution in [-0.4, -0.2) is 24.2 Å². The molecular formula is C39H32Br2N4O2. The van der Waals surface area contributed by atoms with Gasteiger partial charge in [0, 0.05) is 23.2 Å². The van der Waals surface area contributed by atoms with Crippen LogP contribution in [0.25, 0.3) is 21.5 Å². The van der Waals surface area contributed by atoms with E-state index < -0.39 is 5.54 Å². The number of methoxy groups -OCH3 is 2. The van der Waals surface area contributed by atoms with Crippen molar-refractivity contribution in [3.05, 3.63) is 165 Å². The zero-order chi connectivity index (χ0) is 32.8. The van der Waals surface area contributed by atoms with Crippen LogP contribution in [0.5, 0.6) is 11.5 Å². The lowest BCUT2D eigenvalue weighted by Gasteiger charge is -2.37. The number of benzene rings is 5. The summed E-state index contributed by atoms with van der Waals surface area (Å²) in [6, 6.07) is 43.4. The van der Waals surface area contributed by atoms with E-state index in [1.54, 1.807) is 20.4 Å². The van der Waals surface area contributed by atoms with Gasteiger partial charge in [-0.3, -0.25) is 0 Å². The van der Waals surface area contributed by atoms with Crippen molar-refractivity contribution in [3.63, 3.8) is 0 Å². The molecule has 0 fully saturated rings. The van der Waals surface area contributed by atoms with E-state index in [0.717, 1.165) is 64.5 Å². The van der Waals surface area contributed by atoms with Crippen LogP contribution in [0, 0.1) is 0 Å². The lowest BCUT2D eigenvalue weighted by molar-refractivity contribution is 0.412. The lowest BCUT2D eigenvalue weighted by atomic mass is 9.77. The summed E-state index contributed by atoms with van der Waals surface area (Å²) >= 11 is 7.02. The summed E-state index contributed by atoms with van der Waals surface area (Å²) in [6.07, 6.45) is 3.53. The second-order valence-electron chi connectivity index (χ2n) is 10.7. The van der Waals surface area contributed by atoms with Crippen LogP contribution >= 0.6 is 31.9 Å². The number of fused-ring (bicyclic) bond motifs is 2. The Bertz CT molecular complexity index is 2030. The molecule has 0 amide bonds. The molecule has 0 aliphatic heterocycles. The molecule has 0 saturated carbocycles. The quantitative estimate of drug-likeness (QED) is 0.158. The number of nitrogen functional groups attached to an aromatic ring is 1. The van der Waals surface area contributed by atoms with Gasteiger partial charge in [0.2, 0.25) is 0 Å². The molecule has 7 rings (SSSR count). The number of nitrogens with one attached hydrogen (secondary N) is 1. The highest BCUT2D eigenvalue weighted by Gasteiger charge is 2.37. The summed E-state index contributed by atoms with van der Waals surface area (Å²) in [4.78, 5) is 8.81. The average molecular weight is 749 g/mol. The Morgan fingerprint density at radius 3 is 1.47 bits per heavy atom. The van der Waals surface area contributed by atoms with Crippen molar-refractivity contribution in [2.24, 2.45) is 0 Å². The topological polar surface area (TPSA) is 82.3 Å². The average Bonchev–Trinajstić information content (AvgIpc) is 3.11. The van der Waals surface area contributed by atoms with E-state index in [1.807, 2.05) is 54.7 Å². The molecule has 0 saturated heterocycles. The highest BCUT2D eigenvalue weighted by molar-refractivity contribution is 9.11. The van der Waals surface area contributed by atoms with E-state index in [1.165, 1.54) is 0 Å². The fraction of sp³-hybridized carbons (Fsp3) is 0.0769. The largest absolute Gasteiger partial charge is 0.496 e. The predicted octanol–water partition coefficient (Wildman–Crippen LogP) is 10.00. The summed E-state index contributed by atoms with van der Waals surface area (Å²) in [5.41, 5.74) is 8.49. The van der Waals surface area contributed by atoms with Gasteiger partial charge in [0.15, 0.2) is 0 Å². The number of aromatic nitrogens is 2. The third-order valence-electron chi connectivity index (χ3n) is 8.03. The van der Waals surface area contributed by atoms with Gasteiger partial charge >= 0.3 is 0 Å². The van der Waals surface area contributed by atoms with Crippen LogP contribution in [0.15, 0.2) is 149 Å². The van der Waals surface area contributed by atoms with Gasteiger partial charge < -0.3 is 20.5 Å². The van der Waals surface area contributed by atoms with E-state index in [-0.39, 0.29) is 0 Å². The Morgan fingerprint density at radius 1 is 0.574 bits per heavy atom. The fourth-order valence-electron chi connectivity index (χ4n) is 5.74. The molecule has 0 unspecified atom stereocenters. The number of pyridine rings is 2. The minimum atomic E-state index is -0.647. The molecule has 5 aromatic carbocycles. The highest BCUT2D eigenvalue weighted by atomic mass is 79.9. The Kier molecular flexibility index (Phi) is 9.71. The Balaban J connectivity index is 0.000000230. The third-order valence-corrected chi connectivity index (χ3v) is 9.27. The smallest absolute Gasteiger partial charge is 0.135 e. The summed E-state index contributed by atoms with van der Waals surface area (Å²) in [7, 11) is 3.30. The molecule has 2 aromatic heterocycles. The van der Waals surface area contributed by atoms with Crippen LogP contribution in [0.2, 0.25) is 0 Å². The molecule has 0 radical (unpaired) electrons.